The van der Waals surface area contributed by atoms with Crippen LogP contribution >= 0.6 is 11.6 Å². The van der Waals surface area contributed by atoms with Crippen LogP contribution in [0.5, 0.6) is 0 Å². The summed E-state index contributed by atoms with van der Waals surface area (Å²) in [6.45, 7) is 0. The molecule has 0 unspecified atom stereocenters. The van der Waals surface area contributed by atoms with Crippen molar-refractivity contribution in [3.05, 3.63) is 64.7 Å². The highest BCUT2D eigenvalue weighted by molar-refractivity contribution is 6.30. The molecule has 1 aromatic heterocycles. The first-order chi connectivity index (χ1) is 10.1. The van der Waals surface area contributed by atoms with Gasteiger partial charge < -0.3 is 9.73 Å². The number of carbonyl (C=O) groups is 2. The molecule has 1 aromatic carbocycles. The molecule has 21 heavy (non-hydrogen) atoms. The Balaban J connectivity index is 2.21. The Morgan fingerprint density at radius 1 is 1.19 bits per heavy atom. The highest BCUT2D eigenvalue weighted by Gasteiger charge is 2.14. The maximum atomic E-state index is 12.1. The number of rotatable bonds is 4. The van der Waals surface area contributed by atoms with Crippen molar-refractivity contribution in [1.82, 2.24) is 10.7 Å². The van der Waals surface area contributed by atoms with Crippen LogP contribution in [0.2, 0.25) is 5.02 Å². The average Bonchev–Trinajstić information content (AvgIpc) is 2.99. The minimum atomic E-state index is -0.645. The van der Waals surface area contributed by atoms with E-state index in [9.17, 15) is 9.59 Å². The molecule has 0 radical (unpaired) electrons. The van der Waals surface area contributed by atoms with Crippen molar-refractivity contribution in [3.63, 3.8) is 0 Å². The summed E-state index contributed by atoms with van der Waals surface area (Å²) >= 11 is 5.75. The molecule has 0 aliphatic heterocycles. The van der Waals surface area contributed by atoms with Gasteiger partial charge in [-0.2, -0.15) is 0 Å². The van der Waals surface area contributed by atoms with Crippen LogP contribution in [0.25, 0.3) is 6.08 Å². The number of hydrogen-bond donors (Lipinski definition) is 3. The van der Waals surface area contributed by atoms with E-state index in [2.05, 4.69) is 5.32 Å². The highest BCUT2D eigenvalue weighted by Crippen LogP contribution is 2.11. The summed E-state index contributed by atoms with van der Waals surface area (Å²) < 4.78 is 5.10. The van der Waals surface area contributed by atoms with Gasteiger partial charge in [0.25, 0.3) is 11.8 Å². The van der Waals surface area contributed by atoms with Crippen molar-refractivity contribution in [3.8, 4) is 0 Å². The molecule has 0 aliphatic carbocycles. The molecule has 4 N–H and O–H groups in total. The lowest BCUT2D eigenvalue weighted by atomic mass is 10.2. The molecule has 108 valence electrons. The minimum Gasteiger partial charge on any atom is -0.465 e. The van der Waals surface area contributed by atoms with E-state index in [1.54, 1.807) is 36.4 Å². The number of halogens is 1. The van der Waals surface area contributed by atoms with Gasteiger partial charge in [0.2, 0.25) is 0 Å². The number of benzene rings is 1. The topological polar surface area (TPSA) is 97.4 Å². The van der Waals surface area contributed by atoms with Gasteiger partial charge in [-0.25, -0.2) is 5.84 Å². The van der Waals surface area contributed by atoms with Gasteiger partial charge in [-0.15, -0.1) is 0 Å². The first kappa shape index (κ1) is 14.8. The monoisotopic (exact) mass is 305 g/mol. The SMILES string of the molecule is NNC(=O)/C(=C\c1ccco1)NC(=O)c1ccc(Cl)cc1. The van der Waals surface area contributed by atoms with Crippen LogP contribution in [0.3, 0.4) is 0 Å². The molecule has 7 heteroatoms. The summed E-state index contributed by atoms with van der Waals surface area (Å²) in [4.78, 5) is 23.7. The number of nitrogens with two attached hydrogens (primary N) is 1. The van der Waals surface area contributed by atoms with Gasteiger partial charge >= 0.3 is 0 Å². The minimum absolute atomic E-state index is 0.0348. The zero-order valence-electron chi connectivity index (χ0n) is 10.8. The average molecular weight is 306 g/mol. The molecule has 0 saturated carbocycles. The molecular weight excluding hydrogens is 294 g/mol. The summed E-state index contributed by atoms with van der Waals surface area (Å²) in [5, 5.41) is 2.98. The van der Waals surface area contributed by atoms with Crippen LogP contribution < -0.4 is 16.6 Å². The van der Waals surface area contributed by atoms with Gasteiger partial charge in [-0.3, -0.25) is 15.0 Å². The number of amides is 2. The van der Waals surface area contributed by atoms with Crippen LogP contribution in [-0.4, -0.2) is 11.8 Å². The smallest absolute Gasteiger partial charge is 0.281 e. The van der Waals surface area contributed by atoms with E-state index >= 15 is 0 Å². The Kier molecular flexibility index (Phi) is 4.76. The summed E-state index contributed by atoms with van der Waals surface area (Å²) in [7, 11) is 0. The molecular formula is C14H12ClN3O3. The van der Waals surface area contributed by atoms with Gasteiger partial charge in [0.05, 0.1) is 6.26 Å². The van der Waals surface area contributed by atoms with E-state index < -0.39 is 11.8 Å². The summed E-state index contributed by atoms with van der Waals surface area (Å²) in [6.07, 6.45) is 2.82. The molecule has 0 saturated heterocycles. The summed E-state index contributed by atoms with van der Waals surface area (Å²) in [6, 6.07) is 9.54. The second kappa shape index (κ2) is 6.74. The zero-order valence-corrected chi connectivity index (χ0v) is 11.6. The fraction of sp³-hybridized carbons (Fsp3) is 0. The maximum Gasteiger partial charge on any atom is 0.281 e. The molecule has 2 amide bonds. The van der Waals surface area contributed by atoms with Crippen LogP contribution in [-0.2, 0) is 4.79 Å². The standard InChI is InChI=1S/C14H12ClN3O3/c15-10-5-3-9(4-6-10)13(19)17-12(14(20)18-16)8-11-2-1-7-21-11/h1-8H,16H2,(H,17,19)(H,18,20)/b12-8+. The number of furan rings is 1. The fourth-order valence-electron chi connectivity index (χ4n) is 1.55. The Hall–Kier alpha value is -2.57. The van der Waals surface area contributed by atoms with Crippen molar-refractivity contribution in [1.29, 1.82) is 0 Å². The van der Waals surface area contributed by atoms with Crippen LogP contribution in [0.1, 0.15) is 16.1 Å². The van der Waals surface area contributed by atoms with Gasteiger partial charge in [0, 0.05) is 16.7 Å². The van der Waals surface area contributed by atoms with Crippen molar-refractivity contribution >= 4 is 29.5 Å². The second-order valence-corrected chi connectivity index (χ2v) is 4.44. The zero-order chi connectivity index (χ0) is 15.2. The Labute approximate surface area is 125 Å². The molecule has 2 rings (SSSR count). The van der Waals surface area contributed by atoms with E-state index in [-0.39, 0.29) is 5.70 Å². The predicted octanol–water partition coefficient (Wildman–Crippen LogP) is 1.69. The molecule has 0 aliphatic rings. The van der Waals surface area contributed by atoms with Crippen molar-refractivity contribution in [2.24, 2.45) is 5.84 Å². The second-order valence-electron chi connectivity index (χ2n) is 4.01. The molecule has 0 spiro atoms. The molecule has 0 atom stereocenters. The molecule has 0 bridgehead atoms. The Morgan fingerprint density at radius 2 is 1.90 bits per heavy atom. The van der Waals surface area contributed by atoms with Crippen molar-refractivity contribution in [2.75, 3.05) is 0 Å². The van der Waals surface area contributed by atoms with Crippen LogP contribution in [0, 0.1) is 0 Å². The quantitative estimate of drug-likeness (QED) is 0.346. The third-order valence-electron chi connectivity index (χ3n) is 2.56. The third-order valence-corrected chi connectivity index (χ3v) is 2.81. The number of nitrogens with one attached hydrogen (secondary N) is 2. The fourth-order valence-corrected chi connectivity index (χ4v) is 1.67. The number of carbonyl (C=O) groups excluding carboxylic acids is 2. The largest absolute Gasteiger partial charge is 0.465 e. The van der Waals surface area contributed by atoms with E-state index in [1.165, 1.54) is 12.3 Å². The van der Waals surface area contributed by atoms with Gasteiger partial charge in [-0.1, -0.05) is 11.6 Å². The lowest BCUT2D eigenvalue weighted by Gasteiger charge is -2.08. The maximum absolute atomic E-state index is 12.1. The normalized spacial score (nSPS) is 11.0. The molecule has 0 fully saturated rings. The van der Waals surface area contributed by atoms with Crippen LogP contribution in [0.4, 0.5) is 0 Å². The lowest BCUT2D eigenvalue weighted by Crippen LogP contribution is -2.38. The lowest BCUT2D eigenvalue weighted by molar-refractivity contribution is -0.117. The molecule has 2 aromatic rings. The van der Waals surface area contributed by atoms with E-state index in [0.717, 1.165) is 0 Å². The number of hydrogen-bond acceptors (Lipinski definition) is 4. The first-order valence-corrected chi connectivity index (χ1v) is 6.31. The molecule has 1 heterocycles. The van der Waals surface area contributed by atoms with E-state index in [0.29, 0.717) is 16.3 Å². The van der Waals surface area contributed by atoms with E-state index in [4.69, 9.17) is 21.9 Å². The Morgan fingerprint density at radius 3 is 2.48 bits per heavy atom. The van der Waals surface area contributed by atoms with Crippen molar-refractivity contribution in [2.45, 2.75) is 0 Å². The highest BCUT2D eigenvalue weighted by atomic mass is 35.5. The van der Waals surface area contributed by atoms with Gasteiger partial charge in [0.15, 0.2) is 0 Å². The predicted molar refractivity (Wildman–Crippen MR) is 77.9 cm³/mol. The third kappa shape index (κ3) is 3.95. The summed E-state index contributed by atoms with van der Waals surface area (Å²) in [5.74, 6) is 4.39. The van der Waals surface area contributed by atoms with Gasteiger partial charge in [-0.05, 0) is 36.4 Å². The number of hydrazine groups is 1. The summed E-state index contributed by atoms with van der Waals surface area (Å²) in [5.41, 5.74) is 2.28. The van der Waals surface area contributed by atoms with Crippen LogP contribution in [0.15, 0.2) is 52.8 Å². The van der Waals surface area contributed by atoms with Gasteiger partial charge in [0.1, 0.15) is 11.5 Å². The van der Waals surface area contributed by atoms with Crippen molar-refractivity contribution < 1.29 is 14.0 Å². The molecule has 6 nitrogen and oxygen atoms in total. The first-order valence-electron chi connectivity index (χ1n) is 5.93. The van der Waals surface area contributed by atoms with E-state index in [1.807, 2.05) is 5.43 Å². The Bertz CT molecular complexity index is 663.